The summed E-state index contributed by atoms with van der Waals surface area (Å²) in [5.74, 6) is -0.0854. The Bertz CT molecular complexity index is 1290. The lowest BCUT2D eigenvalue weighted by atomic mass is 9.74. The van der Waals surface area contributed by atoms with Crippen molar-refractivity contribution in [2.75, 3.05) is 64.5 Å². The lowest BCUT2D eigenvalue weighted by Crippen LogP contribution is -2.51. The molecule has 3 saturated heterocycles. The summed E-state index contributed by atoms with van der Waals surface area (Å²) in [7, 11) is 1.77. The molecule has 3 fully saturated rings. The minimum absolute atomic E-state index is 0.0149. The molecule has 0 bridgehead atoms. The van der Waals surface area contributed by atoms with Gasteiger partial charge in [0.05, 0.1) is 30.0 Å². The van der Waals surface area contributed by atoms with Crippen molar-refractivity contribution in [3.63, 3.8) is 0 Å². The Morgan fingerprint density at radius 1 is 1.15 bits per heavy atom. The highest BCUT2D eigenvalue weighted by atomic mass is 19.1. The second-order valence-electron chi connectivity index (χ2n) is 11.7. The van der Waals surface area contributed by atoms with Crippen LogP contribution in [0.3, 0.4) is 0 Å². The van der Waals surface area contributed by atoms with Gasteiger partial charge in [-0.05, 0) is 38.8 Å². The number of fused-ring (bicyclic) bond motifs is 1. The van der Waals surface area contributed by atoms with Crippen molar-refractivity contribution >= 4 is 22.9 Å². The Labute approximate surface area is 235 Å². The number of piperidine rings is 1. The van der Waals surface area contributed by atoms with Gasteiger partial charge in [0.2, 0.25) is 0 Å². The predicted octanol–water partition coefficient (Wildman–Crippen LogP) is 4.14. The van der Waals surface area contributed by atoms with Gasteiger partial charge in [0.1, 0.15) is 5.83 Å². The Kier molecular flexibility index (Phi) is 7.58. The summed E-state index contributed by atoms with van der Waals surface area (Å²) in [5, 5.41) is 4.50. The van der Waals surface area contributed by atoms with Gasteiger partial charge in [-0.3, -0.25) is 0 Å². The summed E-state index contributed by atoms with van der Waals surface area (Å²) in [6.45, 7) is 9.87. The van der Waals surface area contributed by atoms with Crippen LogP contribution in [0.2, 0.25) is 0 Å². The van der Waals surface area contributed by atoms with Crippen molar-refractivity contribution in [3.8, 4) is 0 Å². The van der Waals surface area contributed by atoms with Gasteiger partial charge >= 0.3 is 6.09 Å². The van der Waals surface area contributed by atoms with Crippen LogP contribution >= 0.6 is 0 Å². The molecule has 0 radical (unpaired) electrons. The van der Waals surface area contributed by atoms with Crippen LogP contribution < -0.4 is 4.90 Å². The van der Waals surface area contributed by atoms with E-state index < -0.39 is 0 Å². The van der Waals surface area contributed by atoms with Crippen LogP contribution in [0.25, 0.3) is 11.1 Å². The standard InChI is InChI=1S/C30H40FN5O4/c1-21(2)33-10-7-30(38-3,8-11-33)23-4-5-25(26(31)17-23)22-16-28-27(6-9-32-36(28)18-22)34-12-14-35(15-13-34)29(37)40-24-19-39-20-24/h4-6,9,16,18,21,23-24H,7-8,10-15,17,19-20H2,1-3H3. The van der Waals surface area contributed by atoms with E-state index in [1.54, 1.807) is 18.2 Å². The van der Waals surface area contributed by atoms with Gasteiger partial charge in [0, 0.05) is 88.3 Å². The van der Waals surface area contributed by atoms with E-state index in [9.17, 15) is 4.79 Å². The predicted molar refractivity (Wildman–Crippen MR) is 151 cm³/mol. The van der Waals surface area contributed by atoms with Gasteiger partial charge in [-0.1, -0.05) is 12.2 Å². The third-order valence-corrected chi connectivity index (χ3v) is 9.19. The smallest absolute Gasteiger partial charge is 0.410 e. The molecule has 0 N–H and O–H groups in total. The van der Waals surface area contributed by atoms with Crippen LogP contribution in [0.1, 0.15) is 38.7 Å². The molecule has 6 rings (SSSR count). The molecule has 0 saturated carbocycles. The molecule has 9 nitrogen and oxygen atoms in total. The van der Waals surface area contributed by atoms with Crippen LogP contribution in [0.4, 0.5) is 14.9 Å². The van der Waals surface area contributed by atoms with Gasteiger partial charge in [0.15, 0.2) is 6.10 Å². The van der Waals surface area contributed by atoms with E-state index in [0.717, 1.165) is 42.7 Å². The molecule has 1 amide bonds. The molecule has 1 aliphatic carbocycles. The second-order valence-corrected chi connectivity index (χ2v) is 11.7. The van der Waals surface area contributed by atoms with Gasteiger partial charge < -0.3 is 28.9 Å². The summed E-state index contributed by atoms with van der Waals surface area (Å²) in [6, 6.07) is 4.52. The lowest BCUT2D eigenvalue weighted by Gasteiger charge is -2.46. The first-order valence-corrected chi connectivity index (χ1v) is 14.5. The average molecular weight is 554 g/mol. The zero-order chi connectivity index (χ0) is 27.9. The molecule has 10 heteroatoms. The zero-order valence-corrected chi connectivity index (χ0v) is 23.7. The fourth-order valence-corrected chi connectivity index (χ4v) is 6.48. The van der Waals surface area contributed by atoms with Crippen molar-refractivity contribution in [1.29, 1.82) is 0 Å². The van der Waals surface area contributed by atoms with E-state index in [2.05, 4.69) is 34.8 Å². The number of carbonyl (C=O) groups excluding carboxylic acids is 1. The highest BCUT2D eigenvalue weighted by Gasteiger charge is 2.42. The number of halogens is 1. The number of aromatic nitrogens is 2. The van der Waals surface area contributed by atoms with E-state index >= 15 is 4.39 Å². The average Bonchev–Trinajstić information content (AvgIpc) is 3.39. The molecular weight excluding hydrogens is 513 g/mol. The second kappa shape index (κ2) is 11.1. The Balaban J connectivity index is 1.15. The first-order chi connectivity index (χ1) is 19.4. The van der Waals surface area contributed by atoms with Gasteiger partial charge in [-0.2, -0.15) is 5.10 Å². The molecule has 1 atom stereocenters. The van der Waals surface area contributed by atoms with Gasteiger partial charge in [0.25, 0.3) is 0 Å². The Morgan fingerprint density at radius 3 is 2.52 bits per heavy atom. The van der Waals surface area contributed by atoms with Crippen LogP contribution in [-0.4, -0.2) is 103 Å². The molecule has 40 heavy (non-hydrogen) atoms. The van der Waals surface area contributed by atoms with Crippen molar-refractivity contribution in [2.24, 2.45) is 5.92 Å². The number of piperazine rings is 1. The molecular formula is C30H40FN5O4. The topological polar surface area (TPSA) is 71.8 Å². The first kappa shape index (κ1) is 27.2. The fraction of sp³-hybridized carbons (Fsp3) is 0.600. The van der Waals surface area contributed by atoms with E-state index in [1.165, 1.54) is 0 Å². The summed E-state index contributed by atoms with van der Waals surface area (Å²) < 4.78 is 34.2. The fourth-order valence-electron chi connectivity index (χ4n) is 6.48. The third kappa shape index (κ3) is 5.12. The van der Waals surface area contributed by atoms with Crippen LogP contribution in [0, 0.1) is 5.92 Å². The minimum Gasteiger partial charge on any atom is -0.441 e. The number of amides is 1. The van der Waals surface area contributed by atoms with Crippen molar-refractivity contribution in [2.45, 2.75) is 50.9 Å². The van der Waals surface area contributed by atoms with Crippen molar-refractivity contribution in [1.82, 2.24) is 19.4 Å². The molecule has 0 aromatic carbocycles. The van der Waals surface area contributed by atoms with E-state index in [4.69, 9.17) is 14.2 Å². The van der Waals surface area contributed by atoms with E-state index in [1.807, 2.05) is 28.9 Å². The third-order valence-electron chi connectivity index (χ3n) is 9.19. The maximum absolute atomic E-state index is 15.7. The number of allylic oxidation sites excluding steroid dienone is 3. The van der Waals surface area contributed by atoms with Gasteiger partial charge in [-0.25, -0.2) is 13.7 Å². The van der Waals surface area contributed by atoms with Crippen LogP contribution in [0.5, 0.6) is 0 Å². The van der Waals surface area contributed by atoms with E-state index in [-0.39, 0.29) is 29.5 Å². The summed E-state index contributed by atoms with van der Waals surface area (Å²) in [6.07, 6.45) is 9.52. The Hall–Kier alpha value is -2.95. The number of anilines is 1. The number of nitrogens with zero attached hydrogens (tertiary/aromatic N) is 5. The molecule has 216 valence electrons. The molecule has 4 aliphatic rings. The molecule has 1 unspecified atom stereocenters. The summed E-state index contributed by atoms with van der Waals surface area (Å²) in [5.41, 5.74) is 3.05. The molecule has 2 aromatic rings. The molecule has 0 spiro atoms. The number of carbonyl (C=O) groups is 1. The summed E-state index contributed by atoms with van der Waals surface area (Å²) >= 11 is 0. The number of hydrogen-bond donors (Lipinski definition) is 0. The molecule has 3 aliphatic heterocycles. The quantitative estimate of drug-likeness (QED) is 0.533. The van der Waals surface area contributed by atoms with Crippen molar-refractivity contribution < 1.29 is 23.4 Å². The number of ether oxygens (including phenoxy) is 3. The maximum atomic E-state index is 15.7. The molecule has 5 heterocycles. The summed E-state index contributed by atoms with van der Waals surface area (Å²) in [4.78, 5) is 18.9. The highest BCUT2D eigenvalue weighted by molar-refractivity contribution is 5.83. The Morgan fingerprint density at radius 2 is 1.90 bits per heavy atom. The zero-order valence-electron chi connectivity index (χ0n) is 23.7. The number of hydrogen-bond acceptors (Lipinski definition) is 7. The SMILES string of the molecule is COC1(C2C=CC(c3cc4c(N5CCN(C(=O)OC6COC6)CC5)ccnn4c3)=C(F)C2)CCN(C(C)C)CC1. The minimum atomic E-state index is -0.328. The van der Waals surface area contributed by atoms with Crippen LogP contribution in [0.15, 0.2) is 42.5 Å². The number of likely N-dealkylation sites (tertiary alicyclic amines) is 1. The maximum Gasteiger partial charge on any atom is 0.410 e. The van der Waals surface area contributed by atoms with Crippen molar-refractivity contribution in [3.05, 3.63) is 48.1 Å². The largest absolute Gasteiger partial charge is 0.441 e. The first-order valence-electron chi connectivity index (χ1n) is 14.5. The highest BCUT2D eigenvalue weighted by Crippen LogP contribution is 2.43. The molecule has 2 aromatic heterocycles. The number of methoxy groups -OCH3 is 1. The van der Waals surface area contributed by atoms with E-state index in [0.29, 0.717) is 57.4 Å². The van der Waals surface area contributed by atoms with Gasteiger partial charge in [-0.15, -0.1) is 0 Å². The number of rotatable bonds is 6. The lowest BCUT2D eigenvalue weighted by molar-refractivity contribution is -0.104. The van der Waals surface area contributed by atoms with Crippen LogP contribution in [-0.2, 0) is 14.2 Å². The normalized spacial score (nSPS) is 24.2. The monoisotopic (exact) mass is 553 g/mol.